The van der Waals surface area contributed by atoms with Crippen LogP contribution < -0.4 is 18.9 Å². The Balaban J connectivity index is 1.85. The molecule has 8 atom stereocenters. The van der Waals surface area contributed by atoms with Gasteiger partial charge in [-0.1, -0.05) is 0 Å². The van der Waals surface area contributed by atoms with Crippen LogP contribution >= 0.6 is 0 Å². The van der Waals surface area contributed by atoms with E-state index in [0.717, 1.165) is 5.56 Å². The van der Waals surface area contributed by atoms with Gasteiger partial charge in [0.1, 0.15) is 24.4 Å². The number of hydrogen-bond acceptors (Lipinski definition) is 13. The van der Waals surface area contributed by atoms with Crippen molar-refractivity contribution < 1.29 is 64.2 Å². The molecule has 0 aromatic heterocycles. The van der Waals surface area contributed by atoms with Crippen LogP contribution in [0.15, 0.2) is 18.2 Å². The van der Waals surface area contributed by atoms with Crippen molar-refractivity contribution in [1.29, 1.82) is 0 Å². The molecule has 41 heavy (non-hydrogen) atoms. The molecule has 1 saturated heterocycles. The van der Waals surface area contributed by atoms with Crippen molar-refractivity contribution in [1.82, 2.24) is 0 Å². The van der Waals surface area contributed by atoms with Crippen molar-refractivity contribution >= 4 is 0 Å². The molecule has 1 fully saturated rings. The molecule has 0 bridgehead atoms. The number of phenols is 2. The van der Waals surface area contributed by atoms with Crippen LogP contribution in [0.3, 0.4) is 0 Å². The molecular formula is C28H38O13. The third kappa shape index (κ3) is 5.58. The fourth-order valence-electron chi connectivity index (χ4n) is 5.83. The summed E-state index contributed by atoms with van der Waals surface area (Å²) in [5.41, 5.74) is 1.88. The van der Waals surface area contributed by atoms with E-state index in [0.29, 0.717) is 17.5 Å². The number of fused-ring (bicyclic) bond motifs is 1. The van der Waals surface area contributed by atoms with E-state index in [1.165, 1.54) is 28.4 Å². The highest BCUT2D eigenvalue weighted by Crippen LogP contribution is 2.54. The summed E-state index contributed by atoms with van der Waals surface area (Å²) in [7, 11) is 5.60. The molecule has 0 amide bonds. The second-order valence-corrected chi connectivity index (χ2v) is 10.1. The largest absolute Gasteiger partial charge is 0.502 e. The average molecular weight is 583 g/mol. The first kappa shape index (κ1) is 30.9. The van der Waals surface area contributed by atoms with Gasteiger partial charge in [-0.2, -0.15) is 0 Å². The van der Waals surface area contributed by atoms with Crippen LogP contribution in [0.2, 0.25) is 0 Å². The summed E-state index contributed by atoms with van der Waals surface area (Å²) in [4.78, 5) is 0. The molecule has 13 heteroatoms. The maximum Gasteiger partial charge on any atom is 0.201 e. The van der Waals surface area contributed by atoms with E-state index in [1.54, 1.807) is 18.2 Å². The average Bonchev–Trinajstić information content (AvgIpc) is 2.98. The van der Waals surface area contributed by atoms with E-state index in [-0.39, 0.29) is 47.7 Å². The van der Waals surface area contributed by atoms with E-state index >= 15 is 0 Å². The lowest BCUT2D eigenvalue weighted by atomic mass is 9.66. The van der Waals surface area contributed by atoms with E-state index in [1.807, 2.05) is 0 Å². The van der Waals surface area contributed by atoms with Crippen LogP contribution in [0.1, 0.15) is 22.6 Å². The molecule has 0 spiro atoms. The van der Waals surface area contributed by atoms with Crippen molar-refractivity contribution in [3.8, 4) is 34.5 Å². The summed E-state index contributed by atoms with van der Waals surface area (Å²) in [5.74, 6) is -1.51. The Morgan fingerprint density at radius 1 is 0.780 bits per heavy atom. The van der Waals surface area contributed by atoms with Crippen molar-refractivity contribution in [3.05, 3.63) is 34.9 Å². The molecule has 0 unspecified atom stereocenters. The zero-order valence-electron chi connectivity index (χ0n) is 23.3. The number of benzene rings is 2. The fourth-order valence-corrected chi connectivity index (χ4v) is 5.83. The molecule has 13 nitrogen and oxygen atoms in total. The maximum absolute atomic E-state index is 11.0. The lowest BCUT2D eigenvalue weighted by Crippen LogP contribution is -2.59. The molecule has 7 N–H and O–H groups in total. The third-order valence-electron chi connectivity index (χ3n) is 7.99. The second kappa shape index (κ2) is 12.9. The molecule has 228 valence electrons. The molecular weight excluding hydrogens is 544 g/mol. The number of rotatable bonds is 10. The molecule has 0 saturated carbocycles. The second-order valence-electron chi connectivity index (χ2n) is 10.1. The van der Waals surface area contributed by atoms with Crippen LogP contribution in [0.4, 0.5) is 0 Å². The van der Waals surface area contributed by atoms with E-state index in [9.17, 15) is 35.7 Å². The Morgan fingerprint density at radius 3 is 1.93 bits per heavy atom. The molecule has 4 rings (SSSR count). The highest BCUT2D eigenvalue weighted by atomic mass is 16.7. The fraction of sp³-hybridized carbons (Fsp3) is 0.571. The van der Waals surface area contributed by atoms with Crippen LogP contribution in [-0.4, -0.2) is 115 Å². The number of hydrogen-bond donors (Lipinski definition) is 7. The summed E-state index contributed by atoms with van der Waals surface area (Å²) in [6.07, 6.45) is -7.02. The van der Waals surface area contributed by atoms with Gasteiger partial charge in [-0.3, -0.25) is 0 Å². The summed E-state index contributed by atoms with van der Waals surface area (Å²) in [5, 5.41) is 72.6. The molecule has 2 aromatic carbocycles. The Morgan fingerprint density at radius 2 is 1.39 bits per heavy atom. The first-order valence-corrected chi connectivity index (χ1v) is 13.1. The first-order chi connectivity index (χ1) is 19.6. The summed E-state index contributed by atoms with van der Waals surface area (Å²) in [6, 6.07) is 4.88. The van der Waals surface area contributed by atoms with Gasteiger partial charge in [0.25, 0.3) is 0 Å². The Hall–Kier alpha value is -3.04. The van der Waals surface area contributed by atoms with E-state index < -0.39 is 55.1 Å². The Labute approximate surface area is 237 Å². The standard InChI is InChI=1S/C28H38O13/c1-36-16-7-13(8-17(37-2)22(16)31)20-15(11-40-28-26(35)25(34)23(32)19(10-30)41-28)14(9-29)5-12-6-18(38-3)24(33)27(39-4)21(12)20/h6-8,14-15,19-20,23,25-26,28-35H,5,9-11H2,1-4H3/t14-,15-,19+,20+,23+,25-,26+,28-/m0/s1. The van der Waals surface area contributed by atoms with Gasteiger partial charge in [-0.25, -0.2) is 0 Å². The zero-order chi connectivity index (χ0) is 30.0. The van der Waals surface area contributed by atoms with Gasteiger partial charge >= 0.3 is 0 Å². The minimum atomic E-state index is -1.63. The van der Waals surface area contributed by atoms with Gasteiger partial charge in [0, 0.05) is 18.1 Å². The zero-order valence-corrected chi connectivity index (χ0v) is 23.3. The van der Waals surface area contributed by atoms with Gasteiger partial charge in [0.05, 0.1) is 41.7 Å². The molecule has 0 radical (unpaired) electrons. The highest BCUT2D eigenvalue weighted by molar-refractivity contribution is 5.64. The van der Waals surface area contributed by atoms with E-state index in [2.05, 4.69) is 0 Å². The lowest BCUT2D eigenvalue weighted by molar-refractivity contribution is -0.304. The van der Waals surface area contributed by atoms with Crippen LogP contribution in [-0.2, 0) is 15.9 Å². The highest BCUT2D eigenvalue weighted by Gasteiger charge is 2.46. The van der Waals surface area contributed by atoms with Crippen molar-refractivity contribution in [2.24, 2.45) is 11.8 Å². The molecule has 2 aromatic rings. The molecule has 1 aliphatic carbocycles. The van der Waals surface area contributed by atoms with Crippen molar-refractivity contribution in [3.63, 3.8) is 0 Å². The quantitative estimate of drug-likeness (QED) is 0.196. The number of aromatic hydroxyl groups is 2. The van der Waals surface area contributed by atoms with Gasteiger partial charge < -0.3 is 64.2 Å². The smallest absolute Gasteiger partial charge is 0.201 e. The van der Waals surface area contributed by atoms with Crippen molar-refractivity contribution in [2.75, 3.05) is 48.3 Å². The monoisotopic (exact) mass is 582 g/mol. The molecule has 1 heterocycles. The number of aliphatic hydroxyl groups excluding tert-OH is 5. The summed E-state index contributed by atoms with van der Waals surface area (Å²) >= 11 is 0. The van der Waals surface area contributed by atoms with Crippen LogP contribution in [0, 0.1) is 11.8 Å². The number of phenolic OH excluding ortho intramolecular Hbond substituents is 2. The summed E-state index contributed by atoms with van der Waals surface area (Å²) < 4.78 is 33.3. The lowest BCUT2D eigenvalue weighted by Gasteiger charge is -2.43. The maximum atomic E-state index is 11.0. The van der Waals surface area contributed by atoms with Gasteiger partial charge in [0.15, 0.2) is 29.3 Å². The first-order valence-electron chi connectivity index (χ1n) is 13.1. The summed E-state index contributed by atoms with van der Waals surface area (Å²) in [6.45, 7) is -1.02. The number of methoxy groups -OCH3 is 4. The minimum Gasteiger partial charge on any atom is -0.502 e. The molecule has 2 aliphatic rings. The topological polar surface area (TPSA) is 197 Å². The number of aliphatic hydroxyl groups is 5. The van der Waals surface area contributed by atoms with Gasteiger partial charge in [-0.05, 0) is 47.6 Å². The van der Waals surface area contributed by atoms with Crippen molar-refractivity contribution in [2.45, 2.75) is 43.0 Å². The van der Waals surface area contributed by atoms with Crippen LogP contribution in [0.25, 0.3) is 0 Å². The predicted octanol–water partition coefficient (Wildman–Crippen LogP) is -0.139. The minimum absolute atomic E-state index is 0.123. The Bertz CT molecular complexity index is 1180. The molecule has 1 aliphatic heterocycles. The normalized spacial score (nSPS) is 29.5. The van der Waals surface area contributed by atoms with Gasteiger partial charge in [-0.15, -0.1) is 0 Å². The van der Waals surface area contributed by atoms with Crippen LogP contribution in [0.5, 0.6) is 34.5 Å². The van der Waals surface area contributed by atoms with E-state index in [4.69, 9.17) is 28.4 Å². The Kier molecular flexibility index (Phi) is 9.70. The third-order valence-corrected chi connectivity index (χ3v) is 7.99. The van der Waals surface area contributed by atoms with Gasteiger partial charge in [0.2, 0.25) is 11.5 Å². The number of ether oxygens (including phenoxy) is 6. The predicted molar refractivity (Wildman–Crippen MR) is 142 cm³/mol. The SMILES string of the molecule is COc1cc([C@H]2c3c(cc(OC)c(O)c3OC)C[C@@H](CO)[C@@H]2CO[C@H]2O[C@H](CO)[C@@H](O)[C@H](O)[C@H]2O)cc(OC)c1O.